The molecule has 11 heteroatoms. The normalized spacial score (nSPS) is 13.6. The number of rotatable bonds is 6. The summed E-state index contributed by atoms with van der Waals surface area (Å²) in [6, 6.07) is 13.2. The molecule has 0 unspecified atom stereocenters. The minimum Gasteiger partial charge on any atom is -0.454 e. The van der Waals surface area contributed by atoms with Crippen molar-refractivity contribution in [1.82, 2.24) is 10.9 Å². The summed E-state index contributed by atoms with van der Waals surface area (Å²) in [5.74, 6) is 1.12. The lowest BCUT2D eigenvalue weighted by Gasteiger charge is -1.99. The van der Waals surface area contributed by atoms with E-state index in [9.17, 15) is 9.59 Å². The van der Waals surface area contributed by atoms with E-state index < -0.39 is 11.8 Å². The molecule has 2 aromatic carbocycles. The van der Waals surface area contributed by atoms with E-state index >= 15 is 0 Å². The summed E-state index contributed by atoms with van der Waals surface area (Å²) in [6.07, 6.45) is 2.89. The number of carbonyl (C=O) groups excluding carboxylic acids is 2. The zero-order chi connectivity index (χ0) is 22.6. The summed E-state index contributed by atoms with van der Waals surface area (Å²) < 4.78 is 26.3. The van der Waals surface area contributed by atoms with Gasteiger partial charge in [-0.1, -0.05) is 0 Å². The minimum atomic E-state index is -0.616. The van der Waals surface area contributed by atoms with E-state index in [1.54, 1.807) is 36.4 Å². The van der Waals surface area contributed by atoms with Gasteiger partial charge in [-0.15, -0.1) is 0 Å². The lowest BCUT2D eigenvalue weighted by atomic mass is 10.2. The van der Waals surface area contributed by atoms with Gasteiger partial charge >= 0.3 is 11.8 Å². The van der Waals surface area contributed by atoms with Crippen molar-refractivity contribution in [3.05, 3.63) is 71.2 Å². The van der Waals surface area contributed by atoms with Crippen LogP contribution in [0.25, 0.3) is 0 Å². The summed E-state index contributed by atoms with van der Waals surface area (Å²) >= 11 is 0. The van der Waals surface area contributed by atoms with Crippen LogP contribution in [0, 0.1) is 0 Å². The second-order valence-electron chi connectivity index (χ2n) is 6.79. The van der Waals surface area contributed by atoms with Crippen LogP contribution in [-0.4, -0.2) is 37.8 Å². The van der Waals surface area contributed by atoms with Gasteiger partial charge in [-0.25, -0.2) is 10.9 Å². The molecular formula is C22H16N4O7. The average molecular weight is 448 g/mol. The molecular weight excluding hydrogens is 432 g/mol. The molecule has 2 N–H and O–H groups in total. The van der Waals surface area contributed by atoms with E-state index in [2.05, 4.69) is 21.1 Å². The van der Waals surface area contributed by atoms with Gasteiger partial charge in [0.1, 0.15) is 0 Å². The van der Waals surface area contributed by atoms with Crippen LogP contribution >= 0.6 is 0 Å². The molecule has 2 amide bonds. The first kappa shape index (κ1) is 20.1. The highest BCUT2D eigenvalue weighted by molar-refractivity contribution is 5.96. The van der Waals surface area contributed by atoms with Gasteiger partial charge in [0.15, 0.2) is 34.5 Å². The molecule has 0 bridgehead atoms. The molecule has 0 saturated heterocycles. The standard InChI is InChI=1S/C22H16N4O7/c27-21(25-23-9-13-1-3-15-19(7-13)31-11-29-15)17-5-6-18(33-17)22(28)26-24-10-14-2-4-16-20(8-14)32-12-30-16/h1-10H,11-12H2,(H,25,27)(H,26,28)/b23-9+,24-10+. The van der Waals surface area contributed by atoms with Crippen LogP contribution in [0.5, 0.6) is 23.0 Å². The third-order valence-electron chi connectivity index (χ3n) is 4.61. The maximum Gasteiger partial charge on any atom is 0.307 e. The number of fused-ring (bicyclic) bond motifs is 2. The van der Waals surface area contributed by atoms with Crippen LogP contribution in [-0.2, 0) is 0 Å². The van der Waals surface area contributed by atoms with Crippen LogP contribution in [0.1, 0.15) is 32.2 Å². The summed E-state index contributed by atoms with van der Waals surface area (Å²) in [6.45, 7) is 0.343. The first-order valence-corrected chi connectivity index (χ1v) is 9.72. The fourth-order valence-electron chi connectivity index (χ4n) is 3.01. The molecule has 166 valence electrons. The first-order valence-electron chi connectivity index (χ1n) is 9.72. The van der Waals surface area contributed by atoms with E-state index in [1.165, 1.54) is 24.6 Å². The molecule has 11 nitrogen and oxygen atoms in total. The van der Waals surface area contributed by atoms with Crippen molar-refractivity contribution in [2.45, 2.75) is 0 Å². The van der Waals surface area contributed by atoms with Crippen LogP contribution in [0.4, 0.5) is 0 Å². The fourth-order valence-corrected chi connectivity index (χ4v) is 3.01. The van der Waals surface area contributed by atoms with Crippen molar-refractivity contribution in [1.29, 1.82) is 0 Å². The Morgan fingerprint density at radius 2 is 1.12 bits per heavy atom. The van der Waals surface area contributed by atoms with Crippen molar-refractivity contribution in [3.8, 4) is 23.0 Å². The van der Waals surface area contributed by atoms with E-state index in [0.29, 0.717) is 34.1 Å². The number of benzene rings is 2. The summed E-state index contributed by atoms with van der Waals surface area (Å²) in [5, 5.41) is 7.76. The molecule has 2 aliphatic rings. The molecule has 0 aliphatic carbocycles. The molecule has 0 saturated carbocycles. The highest BCUT2D eigenvalue weighted by atomic mass is 16.7. The van der Waals surface area contributed by atoms with E-state index in [-0.39, 0.29) is 25.1 Å². The zero-order valence-corrected chi connectivity index (χ0v) is 16.9. The van der Waals surface area contributed by atoms with Crippen molar-refractivity contribution in [3.63, 3.8) is 0 Å². The Morgan fingerprint density at radius 1 is 0.667 bits per heavy atom. The lowest BCUT2D eigenvalue weighted by molar-refractivity contribution is 0.0902. The van der Waals surface area contributed by atoms with Crippen LogP contribution in [0.3, 0.4) is 0 Å². The Balaban J connectivity index is 1.14. The molecule has 2 aliphatic heterocycles. The molecule has 3 heterocycles. The number of hydrazone groups is 2. The number of hydrogen-bond acceptors (Lipinski definition) is 9. The van der Waals surface area contributed by atoms with E-state index in [4.69, 9.17) is 23.4 Å². The Hall–Kier alpha value is -4.80. The molecule has 0 fully saturated rings. The largest absolute Gasteiger partial charge is 0.454 e. The predicted octanol–water partition coefficient (Wildman–Crippen LogP) is 2.26. The van der Waals surface area contributed by atoms with Gasteiger partial charge in [-0.3, -0.25) is 9.59 Å². The quantitative estimate of drug-likeness (QED) is 0.437. The van der Waals surface area contributed by atoms with Gasteiger partial charge in [0.05, 0.1) is 12.4 Å². The Morgan fingerprint density at radius 3 is 1.61 bits per heavy atom. The van der Waals surface area contributed by atoms with Gasteiger partial charge in [0.25, 0.3) is 0 Å². The van der Waals surface area contributed by atoms with Gasteiger partial charge in [-0.05, 0) is 59.7 Å². The summed E-state index contributed by atoms with van der Waals surface area (Å²) in [7, 11) is 0. The maximum atomic E-state index is 12.2. The molecule has 1 aromatic heterocycles. The summed E-state index contributed by atoms with van der Waals surface area (Å²) in [4.78, 5) is 24.4. The Bertz CT molecular complexity index is 1190. The number of hydrogen-bond donors (Lipinski definition) is 2. The zero-order valence-electron chi connectivity index (χ0n) is 16.9. The number of nitrogens with zero attached hydrogens (tertiary/aromatic N) is 2. The smallest absolute Gasteiger partial charge is 0.307 e. The van der Waals surface area contributed by atoms with Gasteiger partial charge in [-0.2, -0.15) is 10.2 Å². The third-order valence-corrected chi connectivity index (χ3v) is 4.61. The van der Waals surface area contributed by atoms with E-state index in [0.717, 1.165) is 0 Å². The van der Waals surface area contributed by atoms with Gasteiger partial charge in [0, 0.05) is 0 Å². The molecule has 0 spiro atoms. The van der Waals surface area contributed by atoms with Gasteiger partial charge < -0.3 is 23.4 Å². The predicted molar refractivity (Wildman–Crippen MR) is 114 cm³/mol. The Labute approximate surface area is 186 Å². The molecule has 0 radical (unpaired) electrons. The SMILES string of the molecule is O=C(N/N=C/c1ccc2c(c1)OCO2)c1ccc(C(=O)N/N=C/c2ccc3c(c2)OCO3)o1. The second-order valence-corrected chi connectivity index (χ2v) is 6.79. The first-order chi connectivity index (χ1) is 16.2. The Kier molecular flexibility index (Phi) is 5.33. The molecule has 3 aromatic rings. The highest BCUT2D eigenvalue weighted by Crippen LogP contribution is 2.32. The third kappa shape index (κ3) is 4.46. The molecule has 0 atom stereocenters. The molecule has 5 rings (SSSR count). The van der Waals surface area contributed by atoms with Crippen LogP contribution in [0.15, 0.2) is 63.2 Å². The summed E-state index contributed by atoms with van der Waals surface area (Å²) in [5.41, 5.74) is 6.08. The highest BCUT2D eigenvalue weighted by Gasteiger charge is 2.16. The molecule has 33 heavy (non-hydrogen) atoms. The number of carbonyl (C=O) groups is 2. The van der Waals surface area contributed by atoms with Crippen LogP contribution in [0.2, 0.25) is 0 Å². The van der Waals surface area contributed by atoms with Crippen molar-refractivity contribution in [2.24, 2.45) is 10.2 Å². The van der Waals surface area contributed by atoms with E-state index in [1.807, 2.05) is 0 Å². The maximum absolute atomic E-state index is 12.2. The topological polar surface area (TPSA) is 133 Å². The van der Waals surface area contributed by atoms with Crippen molar-refractivity contribution >= 4 is 24.2 Å². The monoisotopic (exact) mass is 448 g/mol. The minimum absolute atomic E-state index is 0.0808. The fraction of sp³-hybridized carbons (Fsp3) is 0.0909. The van der Waals surface area contributed by atoms with Crippen molar-refractivity contribution < 1.29 is 33.0 Å². The second kappa shape index (κ2) is 8.75. The number of amides is 2. The lowest BCUT2D eigenvalue weighted by Crippen LogP contribution is -2.18. The van der Waals surface area contributed by atoms with Crippen molar-refractivity contribution in [2.75, 3.05) is 13.6 Å². The number of furan rings is 1. The average Bonchev–Trinajstić information content (AvgIpc) is 3.58. The van der Waals surface area contributed by atoms with Gasteiger partial charge in [0.2, 0.25) is 13.6 Å². The number of ether oxygens (including phenoxy) is 4. The van der Waals surface area contributed by atoms with Crippen LogP contribution < -0.4 is 29.8 Å². The number of nitrogens with one attached hydrogen (secondary N) is 2.